The first-order valence-electron chi connectivity index (χ1n) is 10.8. The molecule has 1 amide bonds. The van der Waals surface area contributed by atoms with Crippen LogP contribution in [0.3, 0.4) is 0 Å². The Labute approximate surface area is 202 Å². The second-order valence-electron chi connectivity index (χ2n) is 7.94. The van der Waals surface area contributed by atoms with Crippen molar-refractivity contribution in [3.63, 3.8) is 0 Å². The number of carbonyl (C=O) groups is 1. The lowest BCUT2D eigenvalue weighted by atomic mass is 10.1. The number of halogens is 3. The molecule has 0 radical (unpaired) electrons. The molecular formula is C25H25F3N2O4S. The van der Waals surface area contributed by atoms with E-state index in [9.17, 15) is 26.4 Å². The number of carbonyl (C=O) groups excluding carboxylic acids is 1. The van der Waals surface area contributed by atoms with Crippen LogP contribution in [0.5, 0.6) is 5.75 Å². The molecule has 1 atom stereocenters. The van der Waals surface area contributed by atoms with Crippen LogP contribution in [0.25, 0.3) is 0 Å². The number of anilines is 1. The highest BCUT2D eigenvalue weighted by atomic mass is 32.2. The third kappa shape index (κ3) is 8.03. The Kier molecular flexibility index (Phi) is 8.39. The normalized spacial score (nSPS) is 12.6. The minimum atomic E-state index is -4.59. The second-order valence-corrected chi connectivity index (χ2v) is 9.62. The number of ether oxygens (including phenoxy) is 1. The SMILES string of the molecule is C[C@@H](CCc1ccccc1)NC(=O)COc1ccc(S(=O)(=O)Nc2cccc(C(F)(F)F)c2)cc1. The summed E-state index contributed by atoms with van der Waals surface area (Å²) >= 11 is 0. The summed E-state index contributed by atoms with van der Waals surface area (Å²) < 4.78 is 71.2. The summed E-state index contributed by atoms with van der Waals surface area (Å²) in [6.45, 7) is 1.65. The van der Waals surface area contributed by atoms with Gasteiger partial charge in [-0.1, -0.05) is 36.4 Å². The number of nitrogens with one attached hydrogen (secondary N) is 2. The quantitative estimate of drug-likeness (QED) is 0.404. The number of aryl methyl sites for hydroxylation is 1. The fourth-order valence-corrected chi connectivity index (χ4v) is 4.30. The van der Waals surface area contributed by atoms with Gasteiger partial charge in [0.1, 0.15) is 5.75 Å². The molecule has 186 valence electrons. The molecule has 3 rings (SSSR count). The van der Waals surface area contributed by atoms with Crippen molar-refractivity contribution >= 4 is 21.6 Å². The van der Waals surface area contributed by atoms with E-state index in [1.165, 1.54) is 35.9 Å². The number of hydrogen-bond acceptors (Lipinski definition) is 4. The van der Waals surface area contributed by atoms with Crippen LogP contribution in [0.2, 0.25) is 0 Å². The van der Waals surface area contributed by atoms with Gasteiger partial charge in [0.25, 0.3) is 15.9 Å². The predicted molar refractivity (Wildman–Crippen MR) is 127 cm³/mol. The Bertz CT molecular complexity index is 1230. The van der Waals surface area contributed by atoms with Gasteiger partial charge in [-0.05, 0) is 67.8 Å². The number of amides is 1. The lowest BCUT2D eigenvalue weighted by Gasteiger charge is -2.14. The molecule has 0 unspecified atom stereocenters. The number of hydrogen-bond donors (Lipinski definition) is 2. The number of alkyl halides is 3. The van der Waals surface area contributed by atoms with Crippen LogP contribution in [-0.2, 0) is 27.4 Å². The zero-order valence-electron chi connectivity index (χ0n) is 18.9. The van der Waals surface area contributed by atoms with E-state index in [1.807, 2.05) is 37.3 Å². The van der Waals surface area contributed by atoms with Gasteiger partial charge >= 0.3 is 6.18 Å². The Balaban J connectivity index is 1.50. The maximum Gasteiger partial charge on any atom is 0.416 e. The van der Waals surface area contributed by atoms with E-state index in [2.05, 4.69) is 10.0 Å². The van der Waals surface area contributed by atoms with E-state index >= 15 is 0 Å². The molecule has 0 saturated heterocycles. The smallest absolute Gasteiger partial charge is 0.416 e. The van der Waals surface area contributed by atoms with Gasteiger partial charge in [-0.2, -0.15) is 13.2 Å². The van der Waals surface area contributed by atoms with Crippen molar-refractivity contribution in [3.05, 3.63) is 90.0 Å². The highest BCUT2D eigenvalue weighted by molar-refractivity contribution is 7.92. The van der Waals surface area contributed by atoms with Crippen molar-refractivity contribution in [2.24, 2.45) is 0 Å². The van der Waals surface area contributed by atoms with Crippen LogP contribution in [0.15, 0.2) is 83.8 Å². The fraction of sp³-hybridized carbons (Fsp3) is 0.240. The van der Waals surface area contributed by atoms with Crippen molar-refractivity contribution in [3.8, 4) is 5.75 Å². The predicted octanol–water partition coefficient (Wildman–Crippen LogP) is 5.02. The van der Waals surface area contributed by atoms with Crippen LogP contribution in [0, 0.1) is 0 Å². The Hall–Kier alpha value is -3.53. The molecule has 0 aromatic heterocycles. The monoisotopic (exact) mass is 506 g/mol. The van der Waals surface area contributed by atoms with Crippen molar-refractivity contribution in [2.75, 3.05) is 11.3 Å². The molecule has 0 saturated carbocycles. The summed E-state index contributed by atoms with van der Waals surface area (Å²) in [6.07, 6.45) is -3.00. The van der Waals surface area contributed by atoms with E-state index in [0.717, 1.165) is 25.0 Å². The summed E-state index contributed by atoms with van der Waals surface area (Å²) in [5.74, 6) is -0.0384. The van der Waals surface area contributed by atoms with Crippen LogP contribution in [0.1, 0.15) is 24.5 Å². The summed E-state index contributed by atoms with van der Waals surface area (Å²) in [6, 6.07) is 19.0. The van der Waals surface area contributed by atoms with Crippen LogP contribution in [-0.4, -0.2) is 27.0 Å². The summed E-state index contributed by atoms with van der Waals surface area (Å²) in [5, 5.41) is 2.85. The first-order valence-corrected chi connectivity index (χ1v) is 12.3. The standard InChI is InChI=1S/C25H25F3N2O4S/c1-18(10-11-19-6-3-2-4-7-19)29-24(31)17-34-22-12-14-23(15-13-22)35(32,33)30-21-9-5-8-20(16-21)25(26,27)28/h2-9,12-16,18,30H,10-11,17H2,1H3,(H,29,31)/t18-/m0/s1. The van der Waals surface area contributed by atoms with E-state index in [0.29, 0.717) is 6.07 Å². The third-order valence-corrected chi connectivity index (χ3v) is 6.46. The summed E-state index contributed by atoms with van der Waals surface area (Å²) in [4.78, 5) is 12.0. The molecule has 2 N–H and O–H groups in total. The molecule has 0 aliphatic rings. The lowest BCUT2D eigenvalue weighted by molar-refractivity contribution is -0.137. The minimum Gasteiger partial charge on any atom is -0.484 e. The maximum absolute atomic E-state index is 12.9. The molecule has 3 aromatic rings. The average molecular weight is 507 g/mol. The highest BCUT2D eigenvalue weighted by Gasteiger charge is 2.30. The minimum absolute atomic E-state index is 0.0549. The largest absolute Gasteiger partial charge is 0.484 e. The molecule has 0 aliphatic carbocycles. The van der Waals surface area contributed by atoms with Crippen LogP contribution < -0.4 is 14.8 Å². The highest BCUT2D eigenvalue weighted by Crippen LogP contribution is 2.31. The Morgan fingerprint density at radius 2 is 1.66 bits per heavy atom. The molecule has 0 spiro atoms. The molecule has 3 aromatic carbocycles. The van der Waals surface area contributed by atoms with Crippen molar-refractivity contribution in [1.82, 2.24) is 5.32 Å². The van der Waals surface area contributed by atoms with E-state index < -0.39 is 21.8 Å². The number of sulfonamides is 1. The van der Waals surface area contributed by atoms with Crippen molar-refractivity contribution in [1.29, 1.82) is 0 Å². The molecule has 6 nitrogen and oxygen atoms in total. The fourth-order valence-electron chi connectivity index (χ4n) is 3.25. The summed E-state index contributed by atoms with van der Waals surface area (Å²) in [7, 11) is -4.12. The second kappa shape index (κ2) is 11.3. The lowest BCUT2D eigenvalue weighted by Crippen LogP contribution is -2.36. The van der Waals surface area contributed by atoms with Gasteiger partial charge < -0.3 is 10.1 Å². The van der Waals surface area contributed by atoms with Gasteiger partial charge in [-0.15, -0.1) is 0 Å². The average Bonchev–Trinajstić information content (AvgIpc) is 2.82. The zero-order chi connectivity index (χ0) is 25.5. The molecule has 35 heavy (non-hydrogen) atoms. The number of rotatable bonds is 10. The molecule has 0 bridgehead atoms. The van der Waals surface area contributed by atoms with Crippen LogP contribution in [0.4, 0.5) is 18.9 Å². The topological polar surface area (TPSA) is 84.5 Å². The molecule has 0 aliphatic heterocycles. The van der Waals surface area contributed by atoms with Crippen molar-refractivity contribution < 1.29 is 31.1 Å². The van der Waals surface area contributed by atoms with Gasteiger partial charge in [0, 0.05) is 11.7 Å². The molecule has 0 heterocycles. The zero-order valence-corrected chi connectivity index (χ0v) is 19.7. The van der Waals surface area contributed by atoms with E-state index in [4.69, 9.17) is 4.74 Å². The Morgan fingerprint density at radius 3 is 2.31 bits per heavy atom. The van der Waals surface area contributed by atoms with Crippen LogP contribution >= 0.6 is 0 Å². The van der Waals surface area contributed by atoms with Gasteiger partial charge in [-0.3, -0.25) is 9.52 Å². The van der Waals surface area contributed by atoms with Gasteiger partial charge in [0.2, 0.25) is 0 Å². The van der Waals surface area contributed by atoms with Gasteiger partial charge in [0.05, 0.1) is 10.5 Å². The van der Waals surface area contributed by atoms with Crippen molar-refractivity contribution in [2.45, 2.75) is 36.9 Å². The van der Waals surface area contributed by atoms with Gasteiger partial charge in [-0.25, -0.2) is 8.42 Å². The summed E-state index contributed by atoms with van der Waals surface area (Å²) in [5.41, 5.74) is 0.00903. The van der Waals surface area contributed by atoms with E-state index in [-0.39, 0.29) is 34.9 Å². The maximum atomic E-state index is 12.9. The number of benzene rings is 3. The molecular weight excluding hydrogens is 481 g/mol. The Morgan fingerprint density at radius 1 is 0.971 bits per heavy atom. The first-order chi connectivity index (χ1) is 16.5. The van der Waals surface area contributed by atoms with E-state index in [1.54, 1.807) is 0 Å². The third-order valence-electron chi connectivity index (χ3n) is 5.06. The molecule has 0 fully saturated rings. The molecule has 10 heteroatoms. The first kappa shape index (κ1) is 26.1. The van der Waals surface area contributed by atoms with Gasteiger partial charge in [0.15, 0.2) is 6.61 Å².